The Balaban J connectivity index is 2.01. The molecule has 0 radical (unpaired) electrons. The quantitative estimate of drug-likeness (QED) is 0.851. The van der Waals surface area contributed by atoms with Gasteiger partial charge in [0.1, 0.15) is 5.69 Å². The molecule has 1 aliphatic rings. The summed E-state index contributed by atoms with van der Waals surface area (Å²) in [6, 6.07) is 5.87. The van der Waals surface area contributed by atoms with Gasteiger partial charge in [-0.1, -0.05) is 25.8 Å². The van der Waals surface area contributed by atoms with Crippen molar-refractivity contribution in [1.82, 2.24) is 10.3 Å². The highest BCUT2D eigenvalue weighted by atomic mass is 16.1. The Morgan fingerprint density at radius 1 is 1.35 bits per heavy atom. The number of aryl methyl sites for hydroxylation is 1. The van der Waals surface area contributed by atoms with E-state index in [2.05, 4.69) is 17.2 Å². The maximum atomic E-state index is 12.0. The molecule has 1 aromatic rings. The summed E-state index contributed by atoms with van der Waals surface area (Å²) < 4.78 is 0. The van der Waals surface area contributed by atoms with Gasteiger partial charge in [-0.2, -0.15) is 0 Å². The van der Waals surface area contributed by atoms with E-state index in [1.54, 1.807) is 6.07 Å². The lowest BCUT2D eigenvalue weighted by molar-refractivity contribution is 0.0905. The Hall–Kier alpha value is -1.38. The van der Waals surface area contributed by atoms with E-state index < -0.39 is 0 Å². The van der Waals surface area contributed by atoms with Crippen LogP contribution in [0.25, 0.3) is 0 Å². The highest BCUT2D eigenvalue weighted by molar-refractivity contribution is 5.92. The Morgan fingerprint density at radius 3 is 2.82 bits per heavy atom. The molecule has 0 bridgehead atoms. The fourth-order valence-electron chi connectivity index (χ4n) is 2.44. The van der Waals surface area contributed by atoms with Crippen LogP contribution in [0.3, 0.4) is 0 Å². The van der Waals surface area contributed by atoms with Gasteiger partial charge in [0.2, 0.25) is 0 Å². The molecule has 0 aromatic carbocycles. The Kier molecular flexibility index (Phi) is 3.77. The molecular weight excluding hydrogens is 212 g/mol. The lowest BCUT2D eigenvalue weighted by Gasteiger charge is -2.29. The van der Waals surface area contributed by atoms with Gasteiger partial charge in [0.05, 0.1) is 0 Å². The molecule has 2 rings (SSSR count). The normalized spacial score (nSPS) is 24.4. The summed E-state index contributed by atoms with van der Waals surface area (Å²) in [6.45, 7) is 4.12. The Morgan fingerprint density at radius 2 is 2.12 bits per heavy atom. The number of rotatable bonds is 2. The van der Waals surface area contributed by atoms with Crippen LogP contribution in [-0.4, -0.2) is 16.9 Å². The fraction of sp³-hybridized carbons (Fsp3) is 0.571. The minimum atomic E-state index is -0.0348. The molecule has 92 valence electrons. The summed E-state index contributed by atoms with van der Waals surface area (Å²) in [6.07, 6.45) is 4.82. The molecule has 1 amide bonds. The highest BCUT2D eigenvalue weighted by Gasteiger charge is 2.23. The fourth-order valence-corrected chi connectivity index (χ4v) is 2.44. The van der Waals surface area contributed by atoms with E-state index >= 15 is 0 Å². The molecule has 0 saturated heterocycles. The number of carbonyl (C=O) groups excluding carboxylic acids is 1. The van der Waals surface area contributed by atoms with Crippen molar-refractivity contribution in [2.75, 3.05) is 0 Å². The van der Waals surface area contributed by atoms with E-state index in [1.165, 1.54) is 19.3 Å². The van der Waals surface area contributed by atoms with Gasteiger partial charge in [0, 0.05) is 11.7 Å². The predicted octanol–water partition coefficient (Wildman–Crippen LogP) is 2.70. The summed E-state index contributed by atoms with van der Waals surface area (Å²) in [7, 11) is 0. The van der Waals surface area contributed by atoms with Gasteiger partial charge in [-0.25, -0.2) is 4.98 Å². The van der Waals surface area contributed by atoms with Gasteiger partial charge in [-0.05, 0) is 37.8 Å². The van der Waals surface area contributed by atoms with Gasteiger partial charge in [-0.15, -0.1) is 0 Å². The minimum absolute atomic E-state index is 0.0348. The van der Waals surface area contributed by atoms with Crippen molar-refractivity contribution in [3.05, 3.63) is 29.6 Å². The van der Waals surface area contributed by atoms with E-state index in [0.717, 1.165) is 12.1 Å². The second-order valence-corrected chi connectivity index (χ2v) is 5.01. The molecule has 0 spiro atoms. The maximum absolute atomic E-state index is 12.0. The first-order chi connectivity index (χ1) is 8.16. The van der Waals surface area contributed by atoms with Crippen molar-refractivity contribution in [2.24, 2.45) is 5.92 Å². The number of carbonyl (C=O) groups is 1. The average molecular weight is 232 g/mol. The molecule has 1 aliphatic carbocycles. The zero-order chi connectivity index (χ0) is 12.3. The molecule has 1 fully saturated rings. The standard InChI is InChI=1S/C14H20N2O/c1-10-6-3-4-8-12(10)16-14(17)13-9-5-7-11(2)15-13/h5,7,9-10,12H,3-4,6,8H2,1-2H3,(H,16,17)/t10-,12+/m1/s1. The third kappa shape index (κ3) is 3.05. The Bertz CT molecular complexity index is 403. The first kappa shape index (κ1) is 12.1. The van der Waals surface area contributed by atoms with Crippen LogP contribution in [0.2, 0.25) is 0 Å². The van der Waals surface area contributed by atoms with E-state index in [0.29, 0.717) is 17.7 Å². The molecule has 1 saturated carbocycles. The second-order valence-electron chi connectivity index (χ2n) is 5.01. The number of nitrogens with zero attached hydrogens (tertiary/aromatic N) is 1. The molecular formula is C14H20N2O. The van der Waals surface area contributed by atoms with Crippen LogP contribution in [-0.2, 0) is 0 Å². The SMILES string of the molecule is Cc1cccc(C(=O)N[C@H]2CCCC[C@H]2C)n1. The number of hydrogen-bond acceptors (Lipinski definition) is 2. The van der Waals surface area contributed by atoms with Crippen LogP contribution in [0.4, 0.5) is 0 Å². The molecule has 2 atom stereocenters. The van der Waals surface area contributed by atoms with E-state index in [4.69, 9.17) is 0 Å². The van der Waals surface area contributed by atoms with Crippen molar-refractivity contribution in [1.29, 1.82) is 0 Å². The number of hydrogen-bond donors (Lipinski definition) is 1. The van der Waals surface area contributed by atoms with E-state index in [9.17, 15) is 4.79 Å². The van der Waals surface area contributed by atoms with Crippen LogP contribution >= 0.6 is 0 Å². The first-order valence-electron chi connectivity index (χ1n) is 6.41. The van der Waals surface area contributed by atoms with Crippen molar-refractivity contribution in [3.8, 4) is 0 Å². The average Bonchev–Trinajstić information content (AvgIpc) is 2.32. The third-order valence-electron chi connectivity index (χ3n) is 3.55. The molecule has 17 heavy (non-hydrogen) atoms. The van der Waals surface area contributed by atoms with Crippen LogP contribution in [0.15, 0.2) is 18.2 Å². The van der Waals surface area contributed by atoms with Crippen molar-refractivity contribution in [3.63, 3.8) is 0 Å². The van der Waals surface area contributed by atoms with Crippen molar-refractivity contribution < 1.29 is 4.79 Å². The summed E-state index contributed by atoms with van der Waals surface area (Å²) in [4.78, 5) is 16.3. The van der Waals surface area contributed by atoms with Crippen LogP contribution < -0.4 is 5.32 Å². The van der Waals surface area contributed by atoms with Gasteiger partial charge >= 0.3 is 0 Å². The van der Waals surface area contributed by atoms with Crippen LogP contribution in [0.1, 0.15) is 48.8 Å². The number of nitrogens with one attached hydrogen (secondary N) is 1. The largest absolute Gasteiger partial charge is 0.348 e. The lowest BCUT2D eigenvalue weighted by atomic mass is 9.86. The van der Waals surface area contributed by atoms with Crippen molar-refractivity contribution >= 4 is 5.91 Å². The number of pyridine rings is 1. The minimum Gasteiger partial charge on any atom is -0.348 e. The molecule has 1 heterocycles. The summed E-state index contributed by atoms with van der Waals surface area (Å²) in [5, 5.41) is 3.11. The predicted molar refractivity (Wildman–Crippen MR) is 67.9 cm³/mol. The molecule has 0 unspecified atom stereocenters. The third-order valence-corrected chi connectivity index (χ3v) is 3.55. The molecule has 0 aliphatic heterocycles. The molecule has 3 heteroatoms. The number of amides is 1. The van der Waals surface area contributed by atoms with E-state index in [-0.39, 0.29) is 5.91 Å². The topological polar surface area (TPSA) is 42.0 Å². The van der Waals surface area contributed by atoms with Gasteiger partial charge in [0.25, 0.3) is 5.91 Å². The van der Waals surface area contributed by atoms with Crippen molar-refractivity contribution in [2.45, 2.75) is 45.6 Å². The summed E-state index contributed by atoms with van der Waals surface area (Å²) in [5.41, 5.74) is 1.41. The zero-order valence-corrected chi connectivity index (χ0v) is 10.6. The number of aromatic nitrogens is 1. The molecule has 1 aromatic heterocycles. The van der Waals surface area contributed by atoms with Gasteiger partial charge in [0.15, 0.2) is 0 Å². The summed E-state index contributed by atoms with van der Waals surface area (Å²) in [5.74, 6) is 0.546. The lowest BCUT2D eigenvalue weighted by Crippen LogP contribution is -2.41. The first-order valence-corrected chi connectivity index (χ1v) is 6.41. The zero-order valence-electron chi connectivity index (χ0n) is 10.6. The van der Waals surface area contributed by atoms with E-state index in [1.807, 2.05) is 19.1 Å². The highest BCUT2D eigenvalue weighted by Crippen LogP contribution is 2.23. The smallest absolute Gasteiger partial charge is 0.270 e. The van der Waals surface area contributed by atoms with Gasteiger partial charge < -0.3 is 5.32 Å². The second kappa shape index (κ2) is 5.30. The van der Waals surface area contributed by atoms with Crippen LogP contribution in [0.5, 0.6) is 0 Å². The maximum Gasteiger partial charge on any atom is 0.270 e. The molecule has 1 N–H and O–H groups in total. The van der Waals surface area contributed by atoms with Gasteiger partial charge in [-0.3, -0.25) is 4.79 Å². The Labute approximate surface area is 103 Å². The monoisotopic (exact) mass is 232 g/mol. The van der Waals surface area contributed by atoms with Crippen LogP contribution in [0, 0.1) is 12.8 Å². The molecule has 3 nitrogen and oxygen atoms in total. The summed E-state index contributed by atoms with van der Waals surface area (Å²) >= 11 is 0.